The molecule has 0 saturated heterocycles. The van der Waals surface area contributed by atoms with Crippen LogP contribution in [0.25, 0.3) is 16.3 Å². The van der Waals surface area contributed by atoms with Gasteiger partial charge >= 0.3 is 0 Å². The zero-order valence-electron chi connectivity index (χ0n) is 14.2. The van der Waals surface area contributed by atoms with Crippen molar-refractivity contribution < 1.29 is 12.8 Å². The summed E-state index contributed by atoms with van der Waals surface area (Å²) in [5.41, 5.74) is 1.22. The number of sulfonamides is 1. The molecule has 5 nitrogen and oxygen atoms in total. The number of hydrogen-bond donors (Lipinski definition) is 1. The van der Waals surface area contributed by atoms with E-state index in [1.54, 1.807) is 6.07 Å². The van der Waals surface area contributed by atoms with Gasteiger partial charge in [0.25, 0.3) is 10.0 Å². The molecule has 0 aliphatic rings. The lowest BCUT2D eigenvalue weighted by molar-refractivity contribution is 0.601. The molecule has 0 spiro atoms. The minimum Gasteiger partial charge on any atom is -0.279 e. The molecule has 0 bridgehead atoms. The lowest BCUT2D eigenvalue weighted by atomic mass is 10.3. The third-order valence-corrected chi connectivity index (χ3v) is 6.47. The predicted octanol–water partition coefficient (Wildman–Crippen LogP) is 5.19. The lowest BCUT2D eigenvalue weighted by Crippen LogP contribution is -2.13. The third-order valence-electron chi connectivity index (χ3n) is 3.92. The first-order valence-electron chi connectivity index (χ1n) is 8.11. The molecule has 2 heterocycles. The first-order chi connectivity index (χ1) is 13.4. The maximum atomic E-state index is 13.4. The van der Waals surface area contributed by atoms with Gasteiger partial charge in [-0.05, 0) is 41.8 Å². The number of nitrogens with zero attached hydrogens (tertiary/aromatic N) is 2. The average molecular weight is 434 g/mol. The van der Waals surface area contributed by atoms with Crippen molar-refractivity contribution in [3.05, 3.63) is 83.1 Å². The second kappa shape index (κ2) is 7.38. The van der Waals surface area contributed by atoms with Gasteiger partial charge in [0.2, 0.25) is 0 Å². The van der Waals surface area contributed by atoms with Crippen LogP contribution < -0.4 is 4.72 Å². The van der Waals surface area contributed by atoms with E-state index >= 15 is 0 Å². The molecular weight excluding hydrogens is 421 g/mol. The van der Waals surface area contributed by atoms with Crippen molar-refractivity contribution in [2.45, 2.75) is 4.90 Å². The highest BCUT2D eigenvalue weighted by Gasteiger charge is 2.25. The summed E-state index contributed by atoms with van der Waals surface area (Å²) in [4.78, 5) is 0.728. The highest BCUT2D eigenvalue weighted by Crippen LogP contribution is 2.32. The molecule has 0 unspecified atom stereocenters. The molecule has 2 aromatic carbocycles. The number of para-hydroxylation sites is 1. The fraction of sp³-hybridized carbons (Fsp3) is 0. The van der Waals surface area contributed by atoms with Gasteiger partial charge < -0.3 is 0 Å². The summed E-state index contributed by atoms with van der Waals surface area (Å²) in [6, 6.07) is 16.5. The Morgan fingerprint density at radius 1 is 1.07 bits per heavy atom. The second-order valence-corrected chi connectivity index (χ2v) is 8.84. The van der Waals surface area contributed by atoms with E-state index in [2.05, 4.69) is 9.82 Å². The Morgan fingerprint density at radius 3 is 2.54 bits per heavy atom. The maximum absolute atomic E-state index is 13.4. The van der Waals surface area contributed by atoms with Crippen LogP contribution >= 0.6 is 22.9 Å². The smallest absolute Gasteiger partial charge is 0.265 e. The fourth-order valence-corrected chi connectivity index (χ4v) is 4.78. The number of aromatic nitrogens is 2. The van der Waals surface area contributed by atoms with Gasteiger partial charge in [0.1, 0.15) is 16.4 Å². The summed E-state index contributed by atoms with van der Waals surface area (Å²) in [5.74, 6) is -0.624. The van der Waals surface area contributed by atoms with Crippen molar-refractivity contribution in [1.29, 1.82) is 0 Å². The van der Waals surface area contributed by atoms with E-state index in [1.807, 2.05) is 41.8 Å². The fourth-order valence-electron chi connectivity index (χ4n) is 2.62. The lowest BCUT2D eigenvalue weighted by Gasteiger charge is -2.08. The monoisotopic (exact) mass is 433 g/mol. The van der Waals surface area contributed by atoms with Gasteiger partial charge in [-0.25, -0.2) is 17.5 Å². The summed E-state index contributed by atoms with van der Waals surface area (Å²) >= 11 is 7.15. The van der Waals surface area contributed by atoms with Crippen molar-refractivity contribution in [1.82, 2.24) is 9.78 Å². The zero-order chi connectivity index (χ0) is 19.7. The van der Waals surface area contributed by atoms with Gasteiger partial charge in [-0.1, -0.05) is 35.9 Å². The van der Waals surface area contributed by atoms with Crippen LogP contribution in [0.2, 0.25) is 5.02 Å². The Kier molecular flexibility index (Phi) is 4.92. The molecule has 0 fully saturated rings. The first-order valence-corrected chi connectivity index (χ1v) is 10.8. The summed E-state index contributed by atoms with van der Waals surface area (Å²) in [7, 11) is -3.99. The van der Waals surface area contributed by atoms with Gasteiger partial charge in [0, 0.05) is 0 Å². The Morgan fingerprint density at radius 2 is 1.86 bits per heavy atom. The largest absolute Gasteiger partial charge is 0.279 e. The highest BCUT2D eigenvalue weighted by atomic mass is 35.5. The third kappa shape index (κ3) is 3.66. The van der Waals surface area contributed by atoms with Crippen molar-refractivity contribution in [2.24, 2.45) is 0 Å². The second-order valence-electron chi connectivity index (χ2n) is 5.83. The van der Waals surface area contributed by atoms with Crippen molar-refractivity contribution in [3.63, 3.8) is 0 Å². The van der Waals surface area contributed by atoms with Crippen molar-refractivity contribution >= 4 is 38.6 Å². The molecule has 0 radical (unpaired) electrons. The molecule has 1 N–H and O–H groups in total. The van der Waals surface area contributed by atoms with E-state index in [0.29, 0.717) is 10.6 Å². The van der Waals surface area contributed by atoms with E-state index in [4.69, 9.17) is 11.6 Å². The van der Waals surface area contributed by atoms with Crippen LogP contribution in [0.15, 0.2) is 77.1 Å². The van der Waals surface area contributed by atoms with Crippen LogP contribution in [0.5, 0.6) is 0 Å². The molecule has 4 aromatic rings. The minimum absolute atomic E-state index is 0.0132. The summed E-state index contributed by atoms with van der Waals surface area (Å²) < 4.78 is 43.5. The van der Waals surface area contributed by atoms with Crippen LogP contribution in [-0.4, -0.2) is 18.2 Å². The van der Waals surface area contributed by atoms with Crippen LogP contribution in [0.3, 0.4) is 0 Å². The standard InChI is InChI=1S/C19H13ClFN3O2S2/c20-15-11-13(8-9-16(15)21)23-28(25,26)18-12-24(14-5-2-1-3-6-14)22-19(18)17-7-4-10-27-17/h1-12,23H. The quantitative estimate of drug-likeness (QED) is 0.470. The molecule has 4 rings (SSSR count). The van der Waals surface area contributed by atoms with E-state index in [-0.39, 0.29) is 15.6 Å². The summed E-state index contributed by atoms with van der Waals surface area (Å²) in [6.07, 6.45) is 1.46. The summed E-state index contributed by atoms with van der Waals surface area (Å²) in [5, 5.41) is 6.16. The molecule has 0 aliphatic heterocycles. The predicted molar refractivity (Wildman–Crippen MR) is 109 cm³/mol. The van der Waals surface area contributed by atoms with E-state index in [9.17, 15) is 12.8 Å². The topological polar surface area (TPSA) is 64.0 Å². The van der Waals surface area contributed by atoms with Gasteiger partial charge in [-0.3, -0.25) is 4.72 Å². The molecule has 0 saturated carbocycles. The number of nitrogens with one attached hydrogen (secondary N) is 1. The Hall–Kier alpha value is -2.68. The van der Waals surface area contributed by atoms with E-state index in [0.717, 1.165) is 11.8 Å². The number of halogens is 2. The average Bonchev–Trinajstić information content (AvgIpc) is 3.35. The van der Waals surface area contributed by atoms with Crippen molar-refractivity contribution in [2.75, 3.05) is 4.72 Å². The van der Waals surface area contributed by atoms with Crippen LogP contribution in [0, 0.1) is 5.82 Å². The number of benzene rings is 2. The van der Waals surface area contributed by atoms with E-state index < -0.39 is 15.8 Å². The summed E-state index contributed by atoms with van der Waals surface area (Å²) in [6.45, 7) is 0. The highest BCUT2D eigenvalue weighted by molar-refractivity contribution is 7.92. The molecule has 28 heavy (non-hydrogen) atoms. The molecule has 9 heteroatoms. The number of hydrogen-bond acceptors (Lipinski definition) is 4. The molecule has 0 aliphatic carbocycles. The first kappa shape index (κ1) is 18.7. The Bertz CT molecular complexity index is 1220. The number of rotatable bonds is 5. The van der Waals surface area contributed by atoms with Crippen LogP contribution in [0.4, 0.5) is 10.1 Å². The Balaban J connectivity index is 1.80. The van der Waals surface area contributed by atoms with Gasteiger partial charge in [0.15, 0.2) is 0 Å². The minimum atomic E-state index is -3.99. The van der Waals surface area contributed by atoms with Crippen LogP contribution in [0.1, 0.15) is 0 Å². The van der Waals surface area contributed by atoms with Gasteiger partial charge in [-0.2, -0.15) is 5.10 Å². The van der Waals surface area contributed by atoms with E-state index in [1.165, 1.54) is 34.3 Å². The number of thiophene rings is 1. The number of anilines is 1. The molecular formula is C19H13ClFN3O2S2. The normalized spacial score (nSPS) is 11.5. The molecule has 0 amide bonds. The van der Waals surface area contributed by atoms with Crippen LogP contribution in [-0.2, 0) is 10.0 Å². The molecule has 2 aromatic heterocycles. The molecule has 0 atom stereocenters. The molecule has 142 valence electrons. The maximum Gasteiger partial charge on any atom is 0.265 e. The van der Waals surface area contributed by atoms with Crippen molar-refractivity contribution in [3.8, 4) is 16.3 Å². The van der Waals surface area contributed by atoms with Gasteiger partial charge in [-0.15, -0.1) is 11.3 Å². The van der Waals surface area contributed by atoms with Gasteiger partial charge in [0.05, 0.1) is 27.5 Å². The Labute approximate surface area is 170 Å². The SMILES string of the molecule is O=S(=O)(Nc1ccc(F)c(Cl)c1)c1cn(-c2ccccc2)nc1-c1cccs1. The zero-order valence-corrected chi connectivity index (χ0v) is 16.6.